The molecule has 0 unspecified atom stereocenters. The fourth-order valence-electron chi connectivity index (χ4n) is 1.26. The Balaban J connectivity index is 3.03. The molecule has 0 bridgehead atoms. The first-order chi connectivity index (χ1) is 6.56. The maximum atomic E-state index is 10.4. The molecule has 86 valence electrons. The van der Waals surface area contributed by atoms with Crippen LogP contribution in [0.2, 0.25) is 0 Å². The van der Waals surface area contributed by atoms with E-state index in [2.05, 4.69) is 12.2 Å². The molecule has 0 rings (SSSR count). The predicted octanol–water partition coefficient (Wildman–Crippen LogP) is 2.07. The van der Waals surface area contributed by atoms with Crippen LogP contribution < -0.4 is 5.32 Å². The zero-order valence-corrected chi connectivity index (χ0v) is 9.80. The van der Waals surface area contributed by atoms with E-state index in [-0.39, 0.29) is 6.29 Å². The highest BCUT2D eigenvalue weighted by atomic mass is 31.2. The summed E-state index contributed by atoms with van der Waals surface area (Å²) in [4.78, 5) is 17.1. The van der Waals surface area contributed by atoms with Crippen LogP contribution in [-0.2, 0) is 4.57 Å². The molecule has 0 aliphatic heterocycles. The van der Waals surface area contributed by atoms with E-state index in [0.29, 0.717) is 6.54 Å². The second-order valence-electron chi connectivity index (χ2n) is 3.59. The largest absolute Gasteiger partial charge is 0.339 e. The average molecular weight is 223 g/mol. The van der Waals surface area contributed by atoms with Crippen LogP contribution in [0, 0.1) is 0 Å². The van der Waals surface area contributed by atoms with Crippen LogP contribution in [0.4, 0.5) is 0 Å². The molecule has 5 heteroatoms. The highest BCUT2D eigenvalue weighted by molar-refractivity contribution is 7.51. The smallest absolute Gasteiger partial charge is 0.324 e. The zero-order valence-electron chi connectivity index (χ0n) is 8.91. The lowest BCUT2D eigenvalue weighted by Crippen LogP contribution is -2.16. The van der Waals surface area contributed by atoms with Crippen LogP contribution in [-0.4, -0.2) is 22.6 Å². The van der Waals surface area contributed by atoms with E-state index in [9.17, 15) is 4.57 Å². The molecule has 0 aromatic heterocycles. The lowest BCUT2D eigenvalue weighted by molar-refractivity contribution is 0.367. The summed E-state index contributed by atoms with van der Waals surface area (Å²) in [6.45, 7) is 2.89. The highest BCUT2D eigenvalue weighted by Gasteiger charge is 2.10. The topological polar surface area (TPSA) is 69.6 Å². The van der Waals surface area contributed by atoms with Crippen molar-refractivity contribution in [2.24, 2.45) is 0 Å². The molecule has 0 heterocycles. The average Bonchev–Trinajstić information content (AvgIpc) is 2.08. The van der Waals surface area contributed by atoms with Gasteiger partial charge in [0.2, 0.25) is 0 Å². The van der Waals surface area contributed by atoms with Gasteiger partial charge in [0.15, 0.2) is 0 Å². The van der Waals surface area contributed by atoms with Gasteiger partial charge in [0.1, 0.15) is 0 Å². The summed E-state index contributed by atoms with van der Waals surface area (Å²) < 4.78 is 10.4. The Morgan fingerprint density at radius 2 is 1.64 bits per heavy atom. The lowest BCUT2D eigenvalue weighted by Gasteiger charge is -2.05. The zero-order chi connectivity index (χ0) is 10.9. The first-order valence-electron chi connectivity index (χ1n) is 5.31. The summed E-state index contributed by atoms with van der Waals surface area (Å²) in [6.07, 6.45) is 6.99. The van der Waals surface area contributed by atoms with Gasteiger partial charge in [0.25, 0.3) is 0 Å². The summed E-state index contributed by atoms with van der Waals surface area (Å²) in [6, 6.07) is 0. The molecular weight excluding hydrogens is 201 g/mol. The van der Waals surface area contributed by atoms with Gasteiger partial charge in [0.05, 0.1) is 6.29 Å². The van der Waals surface area contributed by atoms with Gasteiger partial charge >= 0.3 is 7.60 Å². The van der Waals surface area contributed by atoms with E-state index >= 15 is 0 Å². The van der Waals surface area contributed by atoms with Gasteiger partial charge in [-0.2, -0.15) is 0 Å². The molecule has 4 nitrogen and oxygen atoms in total. The third kappa shape index (κ3) is 12.1. The highest BCUT2D eigenvalue weighted by Crippen LogP contribution is 2.31. The maximum absolute atomic E-state index is 10.4. The molecule has 0 saturated heterocycles. The van der Waals surface area contributed by atoms with Gasteiger partial charge < -0.3 is 15.1 Å². The van der Waals surface area contributed by atoms with Gasteiger partial charge in [-0.05, 0) is 13.0 Å². The molecule has 0 aromatic carbocycles. The molecule has 0 fully saturated rings. The molecule has 3 N–H and O–H groups in total. The minimum Gasteiger partial charge on any atom is -0.324 e. The minimum absolute atomic E-state index is 0.193. The van der Waals surface area contributed by atoms with Crippen molar-refractivity contribution in [3.05, 3.63) is 0 Å². The minimum atomic E-state index is -3.84. The van der Waals surface area contributed by atoms with E-state index < -0.39 is 7.60 Å². The Labute approximate surface area is 86.3 Å². The van der Waals surface area contributed by atoms with Crippen molar-refractivity contribution in [1.82, 2.24) is 5.32 Å². The van der Waals surface area contributed by atoms with Crippen molar-refractivity contribution >= 4 is 7.60 Å². The normalized spacial score (nSPS) is 11.9. The van der Waals surface area contributed by atoms with Crippen molar-refractivity contribution in [2.75, 3.05) is 12.8 Å². The lowest BCUT2D eigenvalue weighted by atomic mass is 10.1. The Morgan fingerprint density at radius 1 is 1.07 bits per heavy atom. The number of hydrogen-bond donors (Lipinski definition) is 3. The van der Waals surface area contributed by atoms with Gasteiger partial charge in [0, 0.05) is 0 Å². The van der Waals surface area contributed by atoms with Crippen LogP contribution in [0.5, 0.6) is 0 Å². The molecule has 0 aromatic rings. The summed E-state index contributed by atoms with van der Waals surface area (Å²) >= 11 is 0. The van der Waals surface area contributed by atoms with Crippen LogP contribution in [0.25, 0.3) is 0 Å². The summed E-state index contributed by atoms with van der Waals surface area (Å²) in [5.74, 6) is 0. The third-order valence-electron chi connectivity index (χ3n) is 2.02. The van der Waals surface area contributed by atoms with Gasteiger partial charge in [-0.25, -0.2) is 0 Å². The van der Waals surface area contributed by atoms with Crippen LogP contribution in [0.1, 0.15) is 45.4 Å². The van der Waals surface area contributed by atoms with Crippen molar-refractivity contribution in [3.63, 3.8) is 0 Å². The van der Waals surface area contributed by atoms with E-state index in [1.54, 1.807) is 0 Å². The molecule has 0 amide bonds. The fourth-order valence-corrected chi connectivity index (χ4v) is 1.70. The van der Waals surface area contributed by atoms with Crippen LogP contribution in [0.15, 0.2) is 0 Å². The Morgan fingerprint density at radius 3 is 2.21 bits per heavy atom. The summed E-state index contributed by atoms with van der Waals surface area (Å²) in [5.41, 5.74) is 0. The quantitative estimate of drug-likeness (QED) is 0.413. The third-order valence-corrected chi connectivity index (χ3v) is 2.66. The number of nitrogens with one attached hydrogen (secondary N) is 1. The van der Waals surface area contributed by atoms with E-state index in [1.165, 1.54) is 25.7 Å². The van der Waals surface area contributed by atoms with E-state index in [1.807, 2.05) is 0 Å². The molecule has 0 atom stereocenters. The number of hydrogen-bond acceptors (Lipinski definition) is 2. The standard InChI is InChI=1S/C9H22NO3P/c1-2-3-4-5-6-7-8-10-9-14(11,12)13/h10H,2-9H2,1H3,(H2,11,12,13). The van der Waals surface area contributed by atoms with Gasteiger partial charge in [-0.15, -0.1) is 0 Å². The Kier molecular flexibility index (Phi) is 8.49. The molecule has 0 saturated carbocycles. The van der Waals surface area contributed by atoms with Crippen molar-refractivity contribution in [2.45, 2.75) is 45.4 Å². The monoisotopic (exact) mass is 223 g/mol. The SMILES string of the molecule is CCCCCCCCNCP(=O)(O)O. The summed E-state index contributed by atoms with van der Waals surface area (Å²) in [7, 11) is -3.84. The Bertz CT molecular complexity index is 169. The summed E-state index contributed by atoms with van der Waals surface area (Å²) in [5, 5.41) is 2.75. The molecule has 14 heavy (non-hydrogen) atoms. The van der Waals surface area contributed by atoms with Crippen molar-refractivity contribution in [3.8, 4) is 0 Å². The van der Waals surface area contributed by atoms with E-state index in [4.69, 9.17) is 9.79 Å². The predicted molar refractivity (Wildman–Crippen MR) is 58.3 cm³/mol. The van der Waals surface area contributed by atoms with E-state index in [0.717, 1.165) is 12.8 Å². The van der Waals surface area contributed by atoms with Crippen LogP contribution >= 0.6 is 7.60 Å². The number of rotatable bonds is 9. The molecular formula is C9H22NO3P. The molecule has 0 spiro atoms. The van der Waals surface area contributed by atoms with Crippen molar-refractivity contribution < 1.29 is 14.4 Å². The van der Waals surface area contributed by atoms with Gasteiger partial charge in [-0.1, -0.05) is 39.0 Å². The first kappa shape index (κ1) is 14.1. The molecule has 0 radical (unpaired) electrons. The second kappa shape index (κ2) is 8.42. The Hall–Kier alpha value is 0.110. The number of unbranched alkanes of at least 4 members (excludes halogenated alkanes) is 5. The van der Waals surface area contributed by atoms with Gasteiger partial charge in [-0.3, -0.25) is 4.57 Å². The van der Waals surface area contributed by atoms with Crippen molar-refractivity contribution in [1.29, 1.82) is 0 Å². The second-order valence-corrected chi connectivity index (χ2v) is 5.24. The molecule has 0 aliphatic carbocycles. The molecule has 0 aliphatic rings. The fraction of sp³-hybridized carbons (Fsp3) is 1.00. The maximum Gasteiger partial charge on any atom is 0.339 e. The van der Waals surface area contributed by atoms with Crippen LogP contribution in [0.3, 0.4) is 0 Å². The first-order valence-corrected chi connectivity index (χ1v) is 7.11.